The van der Waals surface area contributed by atoms with Crippen LogP contribution in [-0.4, -0.2) is 33.9 Å². The van der Waals surface area contributed by atoms with E-state index in [9.17, 15) is 4.79 Å². The first-order valence-electron chi connectivity index (χ1n) is 8.38. The Morgan fingerprint density at radius 3 is 2.39 bits per heavy atom. The number of amides is 1. The lowest BCUT2D eigenvalue weighted by Crippen LogP contribution is -2.37. The number of carbonyl (C=O) groups is 1. The molecule has 0 aromatic heterocycles. The molecule has 1 fully saturated rings. The van der Waals surface area contributed by atoms with Crippen LogP contribution in [0.5, 0.6) is 0 Å². The minimum absolute atomic E-state index is 0.0171. The molecule has 0 bridgehead atoms. The van der Waals surface area contributed by atoms with Gasteiger partial charge in [0.1, 0.15) is 5.88 Å². The van der Waals surface area contributed by atoms with Gasteiger partial charge in [0.25, 0.3) is 0 Å². The van der Waals surface area contributed by atoms with Crippen molar-refractivity contribution in [1.82, 2.24) is 0 Å². The van der Waals surface area contributed by atoms with E-state index in [1.807, 2.05) is 28.4 Å². The maximum atomic E-state index is 12.6. The van der Waals surface area contributed by atoms with Gasteiger partial charge in [-0.25, -0.2) is 0 Å². The number of benzene rings is 1. The van der Waals surface area contributed by atoms with E-state index in [1.165, 1.54) is 23.3 Å². The number of thioether (sulfide) groups is 2. The third kappa shape index (κ3) is 4.61. The van der Waals surface area contributed by atoms with E-state index in [1.54, 1.807) is 0 Å². The second-order valence-corrected chi connectivity index (χ2v) is 9.01. The molecule has 1 aliphatic rings. The smallest absolute Gasteiger partial charge is 0.241 e. The fourth-order valence-corrected chi connectivity index (χ4v) is 6.41. The van der Waals surface area contributed by atoms with Crippen LogP contribution >= 0.6 is 35.1 Å². The van der Waals surface area contributed by atoms with Crippen LogP contribution in [0.25, 0.3) is 0 Å². The molecule has 0 aliphatic carbocycles. The highest BCUT2D eigenvalue weighted by Gasteiger charge is 2.30. The molecule has 1 heterocycles. The van der Waals surface area contributed by atoms with E-state index in [-0.39, 0.29) is 11.8 Å². The van der Waals surface area contributed by atoms with Crippen LogP contribution < -0.4 is 4.90 Å². The molecule has 0 radical (unpaired) electrons. The van der Waals surface area contributed by atoms with Crippen molar-refractivity contribution in [2.75, 3.05) is 23.1 Å². The van der Waals surface area contributed by atoms with Gasteiger partial charge in [0, 0.05) is 17.5 Å². The van der Waals surface area contributed by atoms with Gasteiger partial charge >= 0.3 is 0 Å². The standard InChI is InChI=1S/C18H26ClNOS2/c1-4-13-8-7-9-14(5-2)18(13)20(16(21)10-19)11-17-22-12-15(6-3)23-17/h7-9,15,17H,4-6,10-12H2,1-3H3. The summed E-state index contributed by atoms with van der Waals surface area (Å²) < 4.78 is 0.446. The monoisotopic (exact) mass is 371 g/mol. The molecule has 128 valence electrons. The summed E-state index contributed by atoms with van der Waals surface area (Å²) in [5.41, 5.74) is 3.58. The maximum Gasteiger partial charge on any atom is 0.241 e. The number of rotatable bonds is 7. The minimum atomic E-state index is 0.0171. The van der Waals surface area contributed by atoms with Crippen molar-refractivity contribution >= 4 is 46.7 Å². The summed E-state index contributed by atoms with van der Waals surface area (Å²) >= 11 is 9.92. The van der Waals surface area contributed by atoms with Crippen molar-refractivity contribution in [1.29, 1.82) is 0 Å². The second-order valence-electron chi connectivity index (χ2n) is 5.70. The van der Waals surface area contributed by atoms with Crippen LogP contribution in [0.1, 0.15) is 38.3 Å². The number of hydrogen-bond donors (Lipinski definition) is 0. The van der Waals surface area contributed by atoms with Crippen molar-refractivity contribution in [3.05, 3.63) is 29.3 Å². The van der Waals surface area contributed by atoms with E-state index >= 15 is 0 Å². The zero-order chi connectivity index (χ0) is 16.8. The Balaban J connectivity index is 2.30. The molecule has 2 rings (SSSR count). The van der Waals surface area contributed by atoms with Crippen molar-refractivity contribution in [2.24, 2.45) is 0 Å². The van der Waals surface area contributed by atoms with Gasteiger partial charge in [-0.3, -0.25) is 4.79 Å². The quantitative estimate of drug-likeness (QED) is 0.631. The van der Waals surface area contributed by atoms with Gasteiger partial charge in [-0.2, -0.15) is 0 Å². The van der Waals surface area contributed by atoms with Crippen LogP contribution in [0.4, 0.5) is 5.69 Å². The molecule has 1 saturated heterocycles. The number of para-hydroxylation sites is 1. The van der Waals surface area contributed by atoms with Crippen molar-refractivity contribution in [2.45, 2.75) is 49.9 Å². The molecule has 1 aromatic rings. The normalized spacial score (nSPS) is 20.7. The zero-order valence-corrected chi connectivity index (χ0v) is 16.6. The van der Waals surface area contributed by atoms with Gasteiger partial charge in [0.05, 0.1) is 10.3 Å². The molecular formula is C18H26ClNOS2. The molecule has 23 heavy (non-hydrogen) atoms. The van der Waals surface area contributed by atoms with E-state index in [2.05, 4.69) is 39.0 Å². The van der Waals surface area contributed by atoms with E-state index in [0.717, 1.165) is 25.1 Å². The summed E-state index contributed by atoms with van der Waals surface area (Å²) in [4.78, 5) is 14.5. The van der Waals surface area contributed by atoms with E-state index < -0.39 is 0 Å². The number of nitrogens with zero attached hydrogens (tertiary/aromatic N) is 1. The molecule has 2 nitrogen and oxygen atoms in total. The molecular weight excluding hydrogens is 346 g/mol. The average molecular weight is 372 g/mol. The highest BCUT2D eigenvalue weighted by Crippen LogP contribution is 2.41. The highest BCUT2D eigenvalue weighted by atomic mass is 35.5. The van der Waals surface area contributed by atoms with Gasteiger partial charge < -0.3 is 4.90 Å². The number of anilines is 1. The molecule has 1 aromatic carbocycles. The molecule has 2 unspecified atom stereocenters. The Labute approximate surface area is 153 Å². The topological polar surface area (TPSA) is 20.3 Å². The van der Waals surface area contributed by atoms with Crippen LogP contribution in [0.2, 0.25) is 0 Å². The molecule has 1 amide bonds. The van der Waals surface area contributed by atoms with Crippen LogP contribution in [0, 0.1) is 0 Å². The SMILES string of the molecule is CCc1cccc(CC)c1N(CC1SCC(CC)S1)C(=O)CCl. The largest absolute Gasteiger partial charge is 0.309 e. The third-order valence-electron chi connectivity index (χ3n) is 4.25. The third-order valence-corrected chi connectivity index (χ3v) is 7.88. The van der Waals surface area contributed by atoms with E-state index in [4.69, 9.17) is 11.6 Å². The van der Waals surface area contributed by atoms with Crippen molar-refractivity contribution < 1.29 is 4.79 Å². The minimum Gasteiger partial charge on any atom is -0.309 e. The summed E-state index contributed by atoms with van der Waals surface area (Å²) in [6.07, 6.45) is 3.05. The lowest BCUT2D eigenvalue weighted by Gasteiger charge is -2.29. The van der Waals surface area contributed by atoms with Crippen molar-refractivity contribution in [3.8, 4) is 0 Å². The second kappa shape index (κ2) is 9.24. The van der Waals surface area contributed by atoms with Gasteiger partial charge in [0.15, 0.2) is 0 Å². The Bertz CT molecular complexity index is 516. The first-order chi connectivity index (χ1) is 11.1. The van der Waals surface area contributed by atoms with Gasteiger partial charge in [-0.1, -0.05) is 39.0 Å². The predicted molar refractivity (Wildman–Crippen MR) is 106 cm³/mol. The molecule has 1 aliphatic heterocycles. The summed E-state index contributed by atoms with van der Waals surface area (Å²) in [7, 11) is 0. The Morgan fingerprint density at radius 1 is 1.26 bits per heavy atom. The van der Waals surface area contributed by atoms with Gasteiger partial charge in [-0.15, -0.1) is 35.1 Å². The molecule has 5 heteroatoms. The zero-order valence-electron chi connectivity index (χ0n) is 14.2. The van der Waals surface area contributed by atoms with Crippen LogP contribution in [-0.2, 0) is 17.6 Å². The predicted octanol–water partition coefficient (Wildman–Crippen LogP) is 4.97. The number of carbonyl (C=O) groups excluding carboxylic acids is 1. The summed E-state index contributed by atoms with van der Waals surface area (Å²) in [5.74, 6) is 1.24. The molecule has 0 N–H and O–H groups in total. The Kier molecular flexibility index (Phi) is 7.64. The van der Waals surface area contributed by atoms with Gasteiger partial charge in [-0.05, 0) is 30.4 Å². The number of hydrogen-bond acceptors (Lipinski definition) is 3. The number of aryl methyl sites for hydroxylation is 2. The molecule has 0 saturated carbocycles. The number of alkyl halides is 1. The lowest BCUT2D eigenvalue weighted by atomic mass is 10.0. The van der Waals surface area contributed by atoms with Gasteiger partial charge in [0.2, 0.25) is 5.91 Å². The highest BCUT2D eigenvalue weighted by molar-refractivity contribution is 8.20. The maximum absolute atomic E-state index is 12.6. The Hall–Kier alpha value is -0.320. The fraction of sp³-hybridized carbons (Fsp3) is 0.611. The Morgan fingerprint density at radius 2 is 1.91 bits per heavy atom. The molecule has 2 atom stereocenters. The van der Waals surface area contributed by atoms with E-state index in [0.29, 0.717) is 9.83 Å². The van der Waals surface area contributed by atoms with Crippen LogP contribution in [0.3, 0.4) is 0 Å². The fourth-order valence-electron chi connectivity index (χ4n) is 2.92. The molecule has 0 spiro atoms. The first-order valence-corrected chi connectivity index (χ1v) is 10.9. The lowest BCUT2D eigenvalue weighted by molar-refractivity contribution is -0.116. The van der Waals surface area contributed by atoms with Crippen LogP contribution in [0.15, 0.2) is 18.2 Å². The number of halogens is 1. The summed E-state index contributed by atoms with van der Waals surface area (Å²) in [6, 6.07) is 6.36. The van der Waals surface area contributed by atoms with Crippen molar-refractivity contribution in [3.63, 3.8) is 0 Å². The first kappa shape index (κ1) is 19.0. The summed E-state index contributed by atoms with van der Waals surface area (Å²) in [5, 5.41) is 0.713. The summed E-state index contributed by atoms with van der Waals surface area (Å²) in [6.45, 7) is 7.28. The average Bonchev–Trinajstić information content (AvgIpc) is 3.06.